The van der Waals surface area contributed by atoms with E-state index in [2.05, 4.69) is 32.9 Å². The molecule has 0 saturated heterocycles. The Kier molecular flexibility index (Phi) is 43.9. The second kappa shape index (κ2) is 46.2. The van der Waals surface area contributed by atoms with E-state index in [0.29, 0.717) is 0 Å². The van der Waals surface area contributed by atoms with Crippen molar-refractivity contribution in [3.8, 4) is 0 Å². The molecular formula is C56H107N. The molecule has 336 valence electrons. The third-order valence-electron chi connectivity index (χ3n) is 13.1. The number of pyridine rings is 1. The molecule has 0 atom stereocenters. The summed E-state index contributed by atoms with van der Waals surface area (Å²) in [7, 11) is 0. The van der Waals surface area contributed by atoms with Crippen molar-refractivity contribution >= 4 is 0 Å². The zero-order valence-electron chi connectivity index (χ0n) is 40.0. The van der Waals surface area contributed by atoms with Crippen LogP contribution in [0.1, 0.15) is 327 Å². The summed E-state index contributed by atoms with van der Waals surface area (Å²) in [5.74, 6) is 0. The fourth-order valence-corrected chi connectivity index (χ4v) is 9.24. The Morgan fingerprint density at radius 3 is 0.614 bits per heavy atom. The Labute approximate surface area is 361 Å². The first kappa shape index (κ1) is 54.2. The summed E-state index contributed by atoms with van der Waals surface area (Å²) >= 11 is 0. The van der Waals surface area contributed by atoms with Gasteiger partial charge in [-0.2, -0.15) is 0 Å². The van der Waals surface area contributed by atoms with Crippen LogP contribution in [0.4, 0.5) is 0 Å². The molecule has 0 unspecified atom stereocenters. The van der Waals surface area contributed by atoms with Gasteiger partial charge in [0.1, 0.15) is 0 Å². The van der Waals surface area contributed by atoms with E-state index in [9.17, 15) is 0 Å². The Morgan fingerprint density at radius 2 is 0.421 bits per heavy atom. The van der Waals surface area contributed by atoms with E-state index >= 15 is 0 Å². The number of nitrogens with zero attached hydrogens (tertiary/aromatic N) is 1. The number of rotatable bonds is 48. The van der Waals surface area contributed by atoms with Crippen molar-refractivity contribution in [1.82, 2.24) is 4.98 Å². The van der Waals surface area contributed by atoms with Gasteiger partial charge >= 0.3 is 0 Å². The highest BCUT2D eigenvalue weighted by Crippen LogP contribution is 2.19. The van der Waals surface area contributed by atoms with Crippen LogP contribution in [0.5, 0.6) is 0 Å². The van der Waals surface area contributed by atoms with Gasteiger partial charge < -0.3 is 0 Å². The van der Waals surface area contributed by atoms with E-state index in [1.165, 1.54) is 325 Å². The Bertz CT molecular complexity index is 823. The zero-order valence-corrected chi connectivity index (χ0v) is 40.0. The maximum absolute atomic E-state index is 5.16. The van der Waals surface area contributed by atoms with Crippen molar-refractivity contribution in [1.29, 1.82) is 0 Å². The van der Waals surface area contributed by atoms with Crippen LogP contribution in [0.15, 0.2) is 12.1 Å². The Morgan fingerprint density at radius 1 is 0.228 bits per heavy atom. The summed E-state index contributed by atoms with van der Waals surface area (Å²) in [6.45, 7) is 6.94. The van der Waals surface area contributed by atoms with Gasteiger partial charge in [-0.05, 0) is 49.8 Å². The second-order valence-electron chi connectivity index (χ2n) is 19.1. The maximum atomic E-state index is 5.16. The molecule has 0 N–H and O–H groups in total. The lowest BCUT2D eigenvalue weighted by Gasteiger charge is -2.09. The summed E-state index contributed by atoms with van der Waals surface area (Å²) < 4.78 is 0. The van der Waals surface area contributed by atoms with Gasteiger partial charge in [-0.25, -0.2) is 0 Å². The van der Waals surface area contributed by atoms with Crippen molar-refractivity contribution < 1.29 is 0 Å². The van der Waals surface area contributed by atoms with Crippen LogP contribution in [0, 0.1) is 0 Å². The predicted octanol–water partition coefficient (Wildman–Crippen LogP) is 20.3. The monoisotopic (exact) mass is 794 g/mol. The lowest BCUT2D eigenvalue weighted by Crippen LogP contribution is -2.00. The molecule has 1 aromatic heterocycles. The molecule has 0 spiro atoms. The van der Waals surface area contributed by atoms with Crippen LogP contribution < -0.4 is 0 Å². The van der Waals surface area contributed by atoms with Crippen LogP contribution in [-0.2, 0) is 19.3 Å². The standard InChI is InChI=1S/C56H107N/c1-4-7-9-11-13-15-17-19-21-23-25-27-29-31-33-35-37-39-41-43-45-47-50-55-52-54(49-6-3)53-56(57-55)51-48-46-44-42-40-38-36-34-32-30-28-26-24-22-20-18-16-14-12-10-8-5-2/h52-53H,4-51H2,1-3H3. The number of hydrogen-bond acceptors (Lipinski definition) is 1. The molecule has 0 radical (unpaired) electrons. The minimum absolute atomic E-state index is 1.18. The van der Waals surface area contributed by atoms with Crippen molar-refractivity contribution in [2.75, 3.05) is 0 Å². The third kappa shape index (κ3) is 40.3. The van der Waals surface area contributed by atoms with E-state index in [1.54, 1.807) is 0 Å². The van der Waals surface area contributed by atoms with Crippen molar-refractivity contribution in [3.63, 3.8) is 0 Å². The number of hydrogen-bond donors (Lipinski definition) is 0. The molecular weight excluding hydrogens is 687 g/mol. The minimum Gasteiger partial charge on any atom is -0.258 e. The molecule has 1 nitrogen and oxygen atoms in total. The van der Waals surface area contributed by atoms with E-state index in [4.69, 9.17) is 4.98 Å². The van der Waals surface area contributed by atoms with E-state index < -0.39 is 0 Å². The molecule has 0 bridgehead atoms. The average Bonchev–Trinajstić information content (AvgIpc) is 3.21. The summed E-state index contributed by atoms with van der Waals surface area (Å²) in [5.41, 5.74) is 4.29. The lowest BCUT2D eigenvalue weighted by atomic mass is 10.0. The maximum Gasteiger partial charge on any atom is 0.0409 e. The van der Waals surface area contributed by atoms with Crippen LogP contribution in [0.25, 0.3) is 0 Å². The summed E-state index contributed by atoms with van der Waals surface area (Å²) in [4.78, 5) is 5.16. The minimum atomic E-state index is 1.18. The molecule has 0 aliphatic carbocycles. The summed E-state index contributed by atoms with van der Waals surface area (Å²) in [6, 6.07) is 4.87. The second-order valence-corrected chi connectivity index (χ2v) is 19.1. The molecule has 0 fully saturated rings. The molecule has 1 rings (SSSR count). The van der Waals surface area contributed by atoms with Crippen LogP contribution in [-0.4, -0.2) is 4.98 Å². The normalized spacial score (nSPS) is 11.6. The van der Waals surface area contributed by atoms with Gasteiger partial charge in [0.2, 0.25) is 0 Å². The number of aromatic nitrogens is 1. The molecule has 0 amide bonds. The quantitative estimate of drug-likeness (QED) is 0.0599. The highest BCUT2D eigenvalue weighted by molar-refractivity contribution is 5.22. The topological polar surface area (TPSA) is 12.9 Å². The van der Waals surface area contributed by atoms with E-state index in [0.717, 1.165) is 0 Å². The first-order chi connectivity index (χ1) is 28.3. The van der Waals surface area contributed by atoms with Crippen LogP contribution in [0.3, 0.4) is 0 Å². The average molecular weight is 794 g/mol. The predicted molar refractivity (Wildman–Crippen MR) is 260 cm³/mol. The molecule has 0 aliphatic rings. The van der Waals surface area contributed by atoms with Gasteiger partial charge in [0.25, 0.3) is 0 Å². The molecule has 1 heteroatoms. The fraction of sp³-hybridized carbons (Fsp3) is 0.911. The van der Waals surface area contributed by atoms with Gasteiger partial charge in [-0.1, -0.05) is 297 Å². The number of unbranched alkanes of at least 4 members (excludes halogenated alkanes) is 42. The fourth-order valence-electron chi connectivity index (χ4n) is 9.24. The molecule has 0 saturated carbocycles. The smallest absolute Gasteiger partial charge is 0.0409 e. The van der Waals surface area contributed by atoms with E-state index in [1.807, 2.05) is 0 Å². The molecule has 1 aromatic rings. The van der Waals surface area contributed by atoms with Crippen LogP contribution in [0.2, 0.25) is 0 Å². The van der Waals surface area contributed by atoms with Gasteiger partial charge in [-0.15, -0.1) is 0 Å². The van der Waals surface area contributed by atoms with Gasteiger partial charge in [0.05, 0.1) is 0 Å². The first-order valence-electron chi connectivity index (χ1n) is 27.3. The van der Waals surface area contributed by atoms with Gasteiger partial charge in [0.15, 0.2) is 0 Å². The van der Waals surface area contributed by atoms with Gasteiger partial charge in [-0.3, -0.25) is 4.98 Å². The number of aryl methyl sites for hydroxylation is 3. The molecule has 0 aromatic carbocycles. The largest absolute Gasteiger partial charge is 0.258 e. The van der Waals surface area contributed by atoms with Crippen molar-refractivity contribution in [2.45, 2.75) is 329 Å². The Hall–Kier alpha value is -0.850. The van der Waals surface area contributed by atoms with Crippen molar-refractivity contribution in [2.24, 2.45) is 0 Å². The highest BCUT2D eigenvalue weighted by Gasteiger charge is 2.05. The van der Waals surface area contributed by atoms with Gasteiger partial charge in [0, 0.05) is 11.4 Å². The Balaban J connectivity index is 1.92. The molecule has 1 heterocycles. The molecule has 0 aliphatic heterocycles. The summed E-state index contributed by atoms with van der Waals surface area (Å²) in [6.07, 6.45) is 68.7. The highest BCUT2D eigenvalue weighted by atomic mass is 14.7. The lowest BCUT2D eigenvalue weighted by molar-refractivity contribution is 0.518. The summed E-state index contributed by atoms with van der Waals surface area (Å²) in [5, 5.41) is 0. The first-order valence-corrected chi connectivity index (χ1v) is 27.3. The third-order valence-corrected chi connectivity index (χ3v) is 13.1. The SMILES string of the molecule is CCCCCCCCCCCCCCCCCCCCCCCCc1cc(CCC)cc(CCCCCCCCCCCCCCCCCCCCCCCC)n1. The zero-order chi connectivity index (χ0) is 40.8. The van der Waals surface area contributed by atoms with E-state index in [-0.39, 0.29) is 0 Å². The molecule has 57 heavy (non-hydrogen) atoms. The van der Waals surface area contributed by atoms with Crippen molar-refractivity contribution in [3.05, 3.63) is 29.1 Å². The van der Waals surface area contributed by atoms with Crippen LogP contribution >= 0.6 is 0 Å².